The molecule has 110 valence electrons. The van der Waals surface area contributed by atoms with E-state index in [1.54, 1.807) is 45.2 Å². The largest absolute Gasteiger partial charge is 0.395 e. The lowest BCUT2D eigenvalue weighted by atomic mass is 10.0. The first-order valence-electron chi connectivity index (χ1n) is 6.40. The molecule has 1 aromatic rings. The third kappa shape index (κ3) is 4.32. The first kappa shape index (κ1) is 16.1. The van der Waals surface area contributed by atoms with Crippen molar-refractivity contribution >= 4 is 17.5 Å². The molecule has 0 saturated heterocycles. The van der Waals surface area contributed by atoms with Gasteiger partial charge in [-0.1, -0.05) is 0 Å². The van der Waals surface area contributed by atoms with Gasteiger partial charge in [-0.3, -0.25) is 9.59 Å². The molecule has 0 aliphatic carbocycles. The van der Waals surface area contributed by atoms with Gasteiger partial charge in [0.2, 0.25) is 5.91 Å². The number of amides is 2. The molecule has 6 nitrogen and oxygen atoms in total. The number of aliphatic hydroxyl groups is 1. The van der Waals surface area contributed by atoms with Crippen LogP contribution in [0.4, 0.5) is 5.69 Å². The van der Waals surface area contributed by atoms with Gasteiger partial charge in [-0.25, -0.2) is 0 Å². The highest BCUT2D eigenvalue weighted by molar-refractivity contribution is 5.98. The lowest BCUT2D eigenvalue weighted by Crippen LogP contribution is -2.47. The van der Waals surface area contributed by atoms with Crippen molar-refractivity contribution in [1.29, 1.82) is 0 Å². The Morgan fingerprint density at radius 2 is 1.80 bits per heavy atom. The molecule has 0 atom stereocenters. The SMILES string of the molecule is CNC(C)(C)C(=O)Nc1ccc(C(=O)NCCO)cc1. The Bertz CT molecular complexity index is 469. The molecule has 0 heterocycles. The number of nitrogens with one attached hydrogen (secondary N) is 3. The Labute approximate surface area is 118 Å². The summed E-state index contributed by atoms with van der Waals surface area (Å²) in [4.78, 5) is 23.6. The number of carbonyl (C=O) groups is 2. The Balaban J connectivity index is 2.68. The Hall–Kier alpha value is -1.92. The van der Waals surface area contributed by atoms with E-state index in [-0.39, 0.29) is 25.0 Å². The maximum Gasteiger partial charge on any atom is 0.251 e. The van der Waals surface area contributed by atoms with Crippen molar-refractivity contribution in [3.05, 3.63) is 29.8 Å². The third-order valence-electron chi connectivity index (χ3n) is 2.99. The number of carbonyl (C=O) groups excluding carboxylic acids is 2. The maximum absolute atomic E-state index is 11.9. The van der Waals surface area contributed by atoms with Crippen LogP contribution in [0.5, 0.6) is 0 Å². The van der Waals surface area contributed by atoms with Gasteiger partial charge in [-0.05, 0) is 45.2 Å². The number of hydrogen-bond acceptors (Lipinski definition) is 4. The topological polar surface area (TPSA) is 90.5 Å². The summed E-state index contributed by atoms with van der Waals surface area (Å²) < 4.78 is 0. The van der Waals surface area contributed by atoms with Gasteiger partial charge in [0.1, 0.15) is 0 Å². The highest BCUT2D eigenvalue weighted by atomic mass is 16.3. The van der Waals surface area contributed by atoms with Crippen LogP contribution in [0.3, 0.4) is 0 Å². The number of hydrogen-bond donors (Lipinski definition) is 4. The van der Waals surface area contributed by atoms with Crippen LogP contribution in [0.25, 0.3) is 0 Å². The molecule has 0 fully saturated rings. The number of aliphatic hydroxyl groups excluding tert-OH is 1. The Morgan fingerprint density at radius 3 is 2.30 bits per heavy atom. The summed E-state index contributed by atoms with van der Waals surface area (Å²) in [5.41, 5.74) is 0.429. The summed E-state index contributed by atoms with van der Waals surface area (Å²) in [6.45, 7) is 3.67. The van der Waals surface area contributed by atoms with E-state index in [0.717, 1.165) is 0 Å². The third-order valence-corrected chi connectivity index (χ3v) is 2.99. The molecule has 1 rings (SSSR count). The molecule has 0 bridgehead atoms. The predicted octanol–water partition coefficient (Wildman–Crippen LogP) is 0.345. The minimum absolute atomic E-state index is 0.0982. The summed E-state index contributed by atoms with van der Waals surface area (Å²) in [7, 11) is 1.72. The van der Waals surface area contributed by atoms with E-state index in [9.17, 15) is 9.59 Å². The Morgan fingerprint density at radius 1 is 1.20 bits per heavy atom. The van der Waals surface area contributed by atoms with E-state index in [1.165, 1.54) is 0 Å². The second-order valence-corrected chi connectivity index (χ2v) is 4.89. The molecule has 0 aliphatic heterocycles. The number of anilines is 1. The summed E-state index contributed by atoms with van der Waals surface area (Å²) in [6, 6.07) is 6.57. The molecule has 0 aliphatic rings. The van der Waals surface area contributed by atoms with Crippen LogP contribution in [0.2, 0.25) is 0 Å². The van der Waals surface area contributed by atoms with Crippen LogP contribution in [0, 0.1) is 0 Å². The predicted molar refractivity (Wildman–Crippen MR) is 77.6 cm³/mol. The molecular weight excluding hydrogens is 258 g/mol. The standard InChI is InChI=1S/C14H21N3O3/c1-14(2,15-3)13(20)17-11-6-4-10(5-7-11)12(19)16-8-9-18/h4-7,15,18H,8-9H2,1-3H3,(H,16,19)(H,17,20). The van der Waals surface area contributed by atoms with Gasteiger partial charge in [0.25, 0.3) is 5.91 Å². The van der Waals surface area contributed by atoms with E-state index in [2.05, 4.69) is 16.0 Å². The summed E-state index contributed by atoms with van der Waals surface area (Å²) in [5, 5.41) is 16.9. The van der Waals surface area contributed by atoms with Crippen LogP contribution in [0.1, 0.15) is 24.2 Å². The first-order valence-corrected chi connectivity index (χ1v) is 6.40. The van der Waals surface area contributed by atoms with E-state index >= 15 is 0 Å². The zero-order valence-electron chi connectivity index (χ0n) is 12.0. The van der Waals surface area contributed by atoms with Crippen LogP contribution >= 0.6 is 0 Å². The first-order chi connectivity index (χ1) is 9.40. The Kier molecular flexibility index (Phi) is 5.66. The second kappa shape index (κ2) is 7.02. The van der Waals surface area contributed by atoms with E-state index in [1.807, 2.05) is 0 Å². The molecular formula is C14H21N3O3. The molecule has 0 radical (unpaired) electrons. The van der Waals surface area contributed by atoms with Crippen molar-refractivity contribution in [1.82, 2.24) is 10.6 Å². The zero-order chi connectivity index (χ0) is 15.2. The van der Waals surface area contributed by atoms with Gasteiger partial charge in [0, 0.05) is 17.8 Å². The van der Waals surface area contributed by atoms with Crippen LogP contribution in [0.15, 0.2) is 24.3 Å². The van der Waals surface area contributed by atoms with Crippen molar-refractivity contribution in [2.75, 3.05) is 25.5 Å². The summed E-state index contributed by atoms with van der Waals surface area (Å²) in [6.07, 6.45) is 0. The van der Waals surface area contributed by atoms with Crippen molar-refractivity contribution in [3.63, 3.8) is 0 Å². The molecule has 6 heteroatoms. The fourth-order valence-electron chi connectivity index (χ4n) is 1.38. The lowest BCUT2D eigenvalue weighted by molar-refractivity contribution is -0.121. The van der Waals surface area contributed by atoms with Gasteiger partial charge in [0.15, 0.2) is 0 Å². The summed E-state index contributed by atoms with van der Waals surface area (Å²) in [5.74, 6) is -0.412. The van der Waals surface area contributed by atoms with Crippen LogP contribution in [-0.4, -0.2) is 42.7 Å². The molecule has 0 unspecified atom stereocenters. The van der Waals surface area contributed by atoms with Gasteiger partial charge in [-0.15, -0.1) is 0 Å². The van der Waals surface area contributed by atoms with Gasteiger partial charge >= 0.3 is 0 Å². The average molecular weight is 279 g/mol. The van der Waals surface area contributed by atoms with E-state index in [0.29, 0.717) is 11.3 Å². The fourth-order valence-corrected chi connectivity index (χ4v) is 1.38. The molecule has 0 aromatic heterocycles. The van der Waals surface area contributed by atoms with Crippen molar-refractivity contribution in [2.24, 2.45) is 0 Å². The van der Waals surface area contributed by atoms with E-state index < -0.39 is 5.54 Å². The van der Waals surface area contributed by atoms with Gasteiger partial charge in [0.05, 0.1) is 12.1 Å². The molecule has 1 aromatic carbocycles. The van der Waals surface area contributed by atoms with Crippen LogP contribution in [-0.2, 0) is 4.79 Å². The van der Waals surface area contributed by atoms with Crippen molar-refractivity contribution < 1.29 is 14.7 Å². The second-order valence-electron chi connectivity index (χ2n) is 4.89. The number of rotatable bonds is 6. The zero-order valence-corrected chi connectivity index (χ0v) is 12.0. The molecule has 20 heavy (non-hydrogen) atoms. The van der Waals surface area contributed by atoms with Gasteiger partial charge in [-0.2, -0.15) is 0 Å². The molecule has 2 amide bonds. The number of likely N-dealkylation sites (N-methyl/N-ethyl adjacent to an activating group) is 1. The minimum Gasteiger partial charge on any atom is -0.395 e. The highest BCUT2D eigenvalue weighted by Gasteiger charge is 2.25. The fraction of sp³-hybridized carbons (Fsp3) is 0.429. The summed E-state index contributed by atoms with van der Waals surface area (Å²) >= 11 is 0. The van der Waals surface area contributed by atoms with Crippen LogP contribution < -0.4 is 16.0 Å². The van der Waals surface area contributed by atoms with E-state index in [4.69, 9.17) is 5.11 Å². The average Bonchev–Trinajstić information content (AvgIpc) is 2.45. The normalized spacial score (nSPS) is 11.0. The monoisotopic (exact) mass is 279 g/mol. The number of benzene rings is 1. The molecule has 0 saturated carbocycles. The maximum atomic E-state index is 11.9. The lowest BCUT2D eigenvalue weighted by Gasteiger charge is -2.22. The quantitative estimate of drug-likeness (QED) is 0.604. The van der Waals surface area contributed by atoms with Crippen molar-refractivity contribution in [3.8, 4) is 0 Å². The molecule has 4 N–H and O–H groups in total. The smallest absolute Gasteiger partial charge is 0.251 e. The highest BCUT2D eigenvalue weighted by Crippen LogP contribution is 2.12. The molecule has 0 spiro atoms. The van der Waals surface area contributed by atoms with Crippen molar-refractivity contribution in [2.45, 2.75) is 19.4 Å². The minimum atomic E-state index is -0.669. The van der Waals surface area contributed by atoms with Gasteiger partial charge < -0.3 is 21.1 Å².